The molecule has 1 unspecified atom stereocenters. The van der Waals surface area contributed by atoms with Crippen LogP contribution < -0.4 is 15.4 Å². The van der Waals surface area contributed by atoms with E-state index in [2.05, 4.69) is 24.5 Å². The van der Waals surface area contributed by atoms with Crippen molar-refractivity contribution < 1.29 is 14.3 Å². The van der Waals surface area contributed by atoms with Gasteiger partial charge in [-0.2, -0.15) is 0 Å². The monoisotopic (exact) mass is 344 g/mol. The first-order chi connectivity index (χ1) is 12.0. The number of amides is 2. The molecular formula is C20H28N2O3. The number of carbonyl (C=O) groups excluding carboxylic acids is 2. The maximum absolute atomic E-state index is 12.4. The van der Waals surface area contributed by atoms with Crippen molar-refractivity contribution in [2.45, 2.75) is 64.0 Å². The van der Waals surface area contributed by atoms with Gasteiger partial charge < -0.3 is 15.4 Å². The highest BCUT2D eigenvalue weighted by Gasteiger charge is 2.48. The zero-order valence-corrected chi connectivity index (χ0v) is 15.1. The summed E-state index contributed by atoms with van der Waals surface area (Å²) in [6.07, 6.45) is 4.63. The molecule has 0 radical (unpaired) electrons. The van der Waals surface area contributed by atoms with Gasteiger partial charge in [0.2, 0.25) is 11.8 Å². The lowest BCUT2D eigenvalue weighted by Gasteiger charge is -2.51. The van der Waals surface area contributed by atoms with E-state index < -0.39 is 0 Å². The van der Waals surface area contributed by atoms with Crippen LogP contribution in [0.15, 0.2) is 24.3 Å². The Hall–Kier alpha value is -2.04. The van der Waals surface area contributed by atoms with Crippen LogP contribution in [0.3, 0.4) is 0 Å². The summed E-state index contributed by atoms with van der Waals surface area (Å²) >= 11 is 0. The van der Waals surface area contributed by atoms with Crippen LogP contribution in [0.2, 0.25) is 0 Å². The Morgan fingerprint density at radius 3 is 2.64 bits per heavy atom. The molecule has 1 aromatic rings. The van der Waals surface area contributed by atoms with Gasteiger partial charge in [0.25, 0.3) is 0 Å². The van der Waals surface area contributed by atoms with Crippen LogP contribution in [0.1, 0.15) is 51.5 Å². The molecule has 2 aliphatic rings. The number of ether oxygens (including phenoxy) is 1. The fraction of sp³-hybridized carbons (Fsp3) is 0.600. The highest BCUT2D eigenvalue weighted by molar-refractivity contribution is 5.81. The zero-order chi connectivity index (χ0) is 17.9. The van der Waals surface area contributed by atoms with E-state index in [-0.39, 0.29) is 23.4 Å². The molecular weight excluding hydrogens is 316 g/mol. The van der Waals surface area contributed by atoms with E-state index in [1.54, 1.807) is 0 Å². The fourth-order valence-electron chi connectivity index (χ4n) is 3.62. The Morgan fingerprint density at radius 2 is 2.04 bits per heavy atom. The van der Waals surface area contributed by atoms with Crippen LogP contribution in [-0.2, 0) is 16.0 Å². The Balaban J connectivity index is 1.53. The van der Waals surface area contributed by atoms with Gasteiger partial charge in [0.05, 0.1) is 24.6 Å². The van der Waals surface area contributed by atoms with Crippen molar-refractivity contribution in [2.75, 3.05) is 6.61 Å². The van der Waals surface area contributed by atoms with E-state index in [4.69, 9.17) is 4.74 Å². The molecule has 5 nitrogen and oxygen atoms in total. The van der Waals surface area contributed by atoms with Crippen LogP contribution in [0.5, 0.6) is 5.75 Å². The molecule has 1 saturated heterocycles. The van der Waals surface area contributed by atoms with Gasteiger partial charge in [0, 0.05) is 6.42 Å². The first-order valence-corrected chi connectivity index (χ1v) is 9.29. The highest BCUT2D eigenvalue weighted by atomic mass is 16.5. The van der Waals surface area contributed by atoms with Crippen molar-refractivity contribution >= 4 is 11.8 Å². The highest BCUT2D eigenvalue weighted by Crippen LogP contribution is 2.38. The van der Waals surface area contributed by atoms with E-state index in [9.17, 15) is 9.59 Å². The largest absolute Gasteiger partial charge is 0.493 e. The van der Waals surface area contributed by atoms with Crippen molar-refractivity contribution in [2.24, 2.45) is 5.92 Å². The van der Waals surface area contributed by atoms with E-state index in [1.165, 1.54) is 0 Å². The molecule has 1 aromatic carbocycles. The van der Waals surface area contributed by atoms with E-state index in [0.29, 0.717) is 25.4 Å². The number of nitrogens with one attached hydrogen (secondary N) is 2. The van der Waals surface area contributed by atoms with Crippen LogP contribution in [0.4, 0.5) is 0 Å². The maximum atomic E-state index is 12.4. The number of hydrogen-bond acceptors (Lipinski definition) is 3. The minimum absolute atomic E-state index is 0.0169. The third-order valence-corrected chi connectivity index (χ3v) is 5.17. The van der Waals surface area contributed by atoms with Crippen molar-refractivity contribution in [3.63, 3.8) is 0 Å². The van der Waals surface area contributed by atoms with Crippen LogP contribution in [0.25, 0.3) is 0 Å². The van der Waals surface area contributed by atoms with Gasteiger partial charge in [-0.15, -0.1) is 0 Å². The molecule has 136 valence electrons. The van der Waals surface area contributed by atoms with Crippen molar-refractivity contribution in [1.82, 2.24) is 10.6 Å². The van der Waals surface area contributed by atoms with Gasteiger partial charge >= 0.3 is 0 Å². The van der Waals surface area contributed by atoms with Gasteiger partial charge in [-0.25, -0.2) is 0 Å². The Morgan fingerprint density at radius 1 is 1.32 bits per heavy atom. The maximum Gasteiger partial charge on any atom is 0.224 e. The quantitative estimate of drug-likeness (QED) is 0.833. The number of rotatable bonds is 6. The molecule has 25 heavy (non-hydrogen) atoms. The zero-order valence-electron chi connectivity index (χ0n) is 15.1. The molecule has 1 aliphatic carbocycles. The van der Waals surface area contributed by atoms with Crippen molar-refractivity contribution in [3.8, 4) is 5.75 Å². The van der Waals surface area contributed by atoms with Crippen molar-refractivity contribution in [1.29, 1.82) is 0 Å². The number of benzene rings is 1. The second kappa shape index (κ2) is 7.46. The average Bonchev–Trinajstić information content (AvgIpc) is 2.54. The Labute approximate surface area is 149 Å². The molecule has 0 bridgehead atoms. The molecule has 1 atom stereocenters. The first-order valence-electron chi connectivity index (χ1n) is 9.29. The third-order valence-electron chi connectivity index (χ3n) is 5.17. The summed E-state index contributed by atoms with van der Waals surface area (Å²) in [4.78, 5) is 24.1. The summed E-state index contributed by atoms with van der Waals surface area (Å²) in [6.45, 7) is 4.91. The van der Waals surface area contributed by atoms with Crippen LogP contribution in [0, 0.1) is 5.92 Å². The normalized spacial score (nSPS) is 21.6. The fourth-order valence-corrected chi connectivity index (χ4v) is 3.62. The molecule has 3 rings (SSSR count). The van der Waals surface area contributed by atoms with Gasteiger partial charge in [-0.1, -0.05) is 26.0 Å². The van der Waals surface area contributed by atoms with Crippen LogP contribution in [-0.4, -0.2) is 30.0 Å². The lowest BCUT2D eigenvalue weighted by atomic mass is 9.68. The summed E-state index contributed by atoms with van der Waals surface area (Å²) in [5.74, 6) is 1.45. The van der Waals surface area contributed by atoms with Crippen molar-refractivity contribution in [3.05, 3.63) is 29.8 Å². The minimum atomic E-state index is -0.195. The number of piperidine rings is 1. The average molecular weight is 344 g/mol. The molecule has 2 amide bonds. The molecule has 1 heterocycles. The standard InChI is InChI=1S/C20H28N2O3/c1-14(2)13-25-16-6-4-15(5-7-16)12-19(24)21-17-8-9-18(23)22-20(17)10-3-11-20/h4-7,14,17H,3,8-13H2,1-2H3,(H,21,24)(H,22,23). The third kappa shape index (κ3) is 4.33. The van der Waals surface area contributed by atoms with E-state index in [0.717, 1.165) is 37.0 Å². The predicted octanol–water partition coefficient (Wildman–Crippen LogP) is 2.58. The van der Waals surface area contributed by atoms with Gasteiger partial charge in [0.1, 0.15) is 5.75 Å². The molecule has 2 fully saturated rings. The molecule has 5 heteroatoms. The van der Waals surface area contributed by atoms with Gasteiger partial charge in [0.15, 0.2) is 0 Å². The lowest BCUT2D eigenvalue weighted by Crippen LogP contribution is -2.68. The molecule has 2 N–H and O–H groups in total. The topological polar surface area (TPSA) is 67.4 Å². The second-order valence-electron chi connectivity index (χ2n) is 7.74. The van der Waals surface area contributed by atoms with Crippen LogP contribution >= 0.6 is 0 Å². The van der Waals surface area contributed by atoms with Gasteiger partial charge in [-0.05, 0) is 49.3 Å². The molecule has 0 aromatic heterocycles. The summed E-state index contributed by atoms with van der Waals surface area (Å²) < 4.78 is 5.67. The summed E-state index contributed by atoms with van der Waals surface area (Å²) in [7, 11) is 0. The van der Waals surface area contributed by atoms with E-state index >= 15 is 0 Å². The Kier molecular flexibility index (Phi) is 5.30. The predicted molar refractivity (Wildman–Crippen MR) is 96.4 cm³/mol. The molecule has 1 spiro atoms. The Bertz CT molecular complexity index is 620. The molecule has 1 saturated carbocycles. The lowest BCUT2D eigenvalue weighted by molar-refractivity contribution is -0.131. The molecule has 1 aliphatic heterocycles. The van der Waals surface area contributed by atoms with Gasteiger partial charge in [-0.3, -0.25) is 9.59 Å². The smallest absolute Gasteiger partial charge is 0.224 e. The summed E-state index contributed by atoms with van der Waals surface area (Å²) in [6, 6.07) is 7.77. The SMILES string of the molecule is CC(C)COc1ccc(CC(=O)NC2CCC(=O)NC23CCC3)cc1. The second-order valence-corrected chi connectivity index (χ2v) is 7.74. The van der Waals surface area contributed by atoms with E-state index in [1.807, 2.05) is 24.3 Å². The first kappa shape index (κ1) is 17.8. The minimum Gasteiger partial charge on any atom is -0.493 e. The number of hydrogen-bond donors (Lipinski definition) is 2. The summed E-state index contributed by atoms with van der Waals surface area (Å²) in [5, 5.41) is 6.26. The number of carbonyl (C=O) groups is 2. The summed E-state index contributed by atoms with van der Waals surface area (Å²) in [5.41, 5.74) is 0.774.